The van der Waals surface area contributed by atoms with Gasteiger partial charge in [0.2, 0.25) is 0 Å². The number of carboxylic acids is 2. The molecular weight excluding hydrogens is 220 g/mol. The molecule has 15 heavy (non-hydrogen) atoms. The van der Waals surface area contributed by atoms with Crippen LogP contribution in [0.2, 0.25) is 5.02 Å². The lowest BCUT2D eigenvalue weighted by Crippen LogP contribution is -2.16. The quantitative estimate of drug-likeness (QED) is 0.826. The molecule has 0 aromatic heterocycles. The SMILES string of the molecule is O=C(O)CC(C(=O)O)c1ccccc1Cl. The molecule has 80 valence electrons. The second kappa shape index (κ2) is 4.79. The third-order valence-electron chi connectivity index (χ3n) is 1.96. The zero-order chi connectivity index (χ0) is 11.4. The van der Waals surface area contributed by atoms with Gasteiger partial charge in [0, 0.05) is 5.02 Å². The number of rotatable bonds is 4. The normalized spacial score (nSPS) is 12.1. The molecular formula is C10H9ClO4. The Morgan fingerprint density at radius 2 is 1.87 bits per heavy atom. The number of aliphatic carboxylic acids is 2. The van der Waals surface area contributed by atoms with Gasteiger partial charge in [0.05, 0.1) is 12.3 Å². The molecule has 1 aromatic rings. The van der Waals surface area contributed by atoms with Gasteiger partial charge in [-0.2, -0.15) is 0 Å². The van der Waals surface area contributed by atoms with E-state index in [0.717, 1.165) is 0 Å². The van der Waals surface area contributed by atoms with E-state index in [0.29, 0.717) is 5.56 Å². The van der Waals surface area contributed by atoms with E-state index in [1.54, 1.807) is 12.1 Å². The molecule has 1 atom stereocenters. The Hall–Kier alpha value is -1.55. The van der Waals surface area contributed by atoms with Gasteiger partial charge in [-0.1, -0.05) is 29.8 Å². The summed E-state index contributed by atoms with van der Waals surface area (Å²) in [5, 5.41) is 17.7. The summed E-state index contributed by atoms with van der Waals surface area (Å²) >= 11 is 5.79. The molecule has 0 heterocycles. The molecule has 0 amide bonds. The molecule has 0 saturated heterocycles. The van der Waals surface area contributed by atoms with E-state index in [1.165, 1.54) is 12.1 Å². The van der Waals surface area contributed by atoms with Gasteiger partial charge in [-0.25, -0.2) is 0 Å². The van der Waals surface area contributed by atoms with Crippen molar-refractivity contribution >= 4 is 23.5 Å². The minimum Gasteiger partial charge on any atom is -0.481 e. The summed E-state index contributed by atoms with van der Waals surface area (Å²) < 4.78 is 0. The topological polar surface area (TPSA) is 74.6 Å². The summed E-state index contributed by atoms with van der Waals surface area (Å²) in [7, 11) is 0. The zero-order valence-electron chi connectivity index (χ0n) is 7.68. The van der Waals surface area contributed by atoms with Crippen molar-refractivity contribution in [3.63, 3.8) is 0 Å². The van der Waals surface area contributed by atoms with Crippen molar-refractivity contribution < 1.29 is 19.8 Å². The minimum absolute atomic E-state index is 0.270. The molecule has 0 aliphatic rings. The van der Waals surface area contributed by atoms with Crippen LogP contribution in [0.1, 0.15) is 17.9 Å². The molecule has 0 aliphatic heterocycles. The van der Waals surface area contributed by atoms with Gasteiger partial charge in [-0.15, -0.1) is 0 Å². The first-order valence-corrected chi connectivity index (χ1v) is 4.59. The third kappa shape index (κ3) is 2.95. The second-order valence-corrected chi connectivity index (χ2v) is 3.42. The molecule has 0 bridgehead atoms. The lowest BCUT2D eigenvalue weighted by Gasteiger charge is -2.11. The molecule has 1 aromatic carbocycles. The Bertz CT molecular complexity index is 389. The molecule has 1 unspecified atom stereocenters. The van der Waals surface area contributed by atoms with E-state index in [4.69, 9.17) is 21.8 Å². The Kier molecular flexibility index (Phi) is 3.68. The summed E-state index contributed by atoms with van der Waals surface area (Å²) in [5.41, 5.74) is 0.328. The Labute approximate surface area is 91.1 Å². The maximum atomic E-state index is 10.9. The van der Waals surface area contributed by atoms with E-state index in [-0.39, 0.29) is 5.02 Å². The van der Waals surface area contributed by atoms with Crippen LogP contribution in [0.15, 0.2) is 24.3 Å². The predicted octanol–water partition coefficient (Wildman–Crippen LogP) is 1.98. The molecule has 0 aliphatic carbocycles. The van der Waals surface area contributed by atoms with Crippen molar-refractivity contribution in [2.75, 3.05) is 0 Å². The summed E-state index contributed by atoms with van der Waals surface area (Å²) in [6.45, 7) is 0. The number of carbonyl (C=O) groups is 2. The second-order valence-electron chi connectivity index (χ2n) is 3.01. The first-order chi connectivity index (χ1) is 7.02. The Morgan fingerprint density at radius 1 is 1.27 bits per heavy atom. The molecule has 5 heteroatoms. The highest BCUT2D eigenvalue weighted by Gasteiger charge is 2.24. The summed E-state index contributed by atoms with van der Waals surface area (Å²) in [5.74, 6) is -3.45. The average molecular weight is 229 g/mol. The number of hydrogen-bond donors (Lipinski definition) is 2. The summed E-state index contributed by atoms with van der Waals surface area (Å²) in [6.07, 6.45) is -0.473. The maximum Gasteiger partial charge on any atom is 0.311 e. The Balaban J connectivity index is 3.04. The van der Waals surface area contributed by atoms with Crippen molar-refractivity contribution in [3.05, 3.63) is 34.9 Å². The third-order valence-corrected chi connectivity index (χ3v) is 2.30. The standard InChI is InChI=1S/C10H9ClO4/c11-8-4-2-1-3-6(8)7(10(14)15)5-9(12)13/h1-4,7H,5H2,(H,12,13)(H,14,15). The van der Waals surface area contributed by atoms with Crippen LogP contribution in [0.5, 0.6) is 0 Å². The van der Waals surface area contributed by atoms with Gasteiger partial charge in [0.1, 0.15) is 0 Å². The monoisotopic (exact) mass is 228 g/mol. The van der Waals surface area contributed by atoms with Crippen molar-refractivity contribution in [2.24, 2.45) is 0 Å². The molecule has 0 saturated carbocycles. The van der Waals surface area contributed by atoms with Crippen LogP contribution in [0.25, 0.3) is 0 Å². The van der Waals surface area contributed by atoms with Gasteiger partial charge in [0.15, 0.2) is 0 Å². The van der Waals surface area contributed by atoms with E-state index >= 15 is 0 Å². The lowest BCUT2D eigenvalue weighted by atomic mass is 9.96. The van der Waals surface area contributed by atoms with Crippen molar-refractivity contribution in [3.8, 4) is 0 Å². The fourth-order valence-corrected chi connectivity index (χ4v) is 1.53. The Morgan fingerprint density at radius 3 is 2.33 bits per heavy atom. The molecule has 1 rings (SSSR count). The number of benzene rings is 1. The molecule has 2 N–H and O–H groups in total. The van der Waals surface area contributed by atoms with Crippen LogP contribution < -0.4 is 0 Å². The highest BCUT2D eigenvalue weighted by atomic mass is 35.5. The minimum atomic E-state index is -1.19. The molecule has 0 spiro atoms. The van der Waals surface area contributed by atoms with Crippen LogP contribution in [0.4, 0.5) is 0 Å². The first kappa shape index (κ1) is 11.5. The summed E-state index contributed by atoms with van der Waals surface area (Å²) in [6, 6.07) is 6.34. The van der Waals surface area contributed by atoms with Crippen LogP contribution in [-0.4, -0.2) is 22.2 Å². The van der Waals surface area contributed by atoms with E-state index in [1.807, 2.05) is 0 Å². The van der Waals surface area contributed by atoms with Gasteiger partial charge in [-0.05, 0) is 11.6 Å². The summed E-state index contributed by atoms with van der Waals surface area (Å²) in [4.78, 5) is 21.4. The van der Waals surface area contributed by atoms with E-state index in [2.05, 4.69) is 0 Å². The van der Waals surface area contributed by atoms with Crippen molar-refractivity contribution in [1.82, 2.24) is 0 Å². The first-order valence-electron chi connectivity index (χ1n) is 4.21. The smallest absolute Gasteiger partial charge is 0.311 e. The molecule has 0 radical (unpaired) electrons. The van der Waals surface area contributed by atoms with E-state index < -0.39 is 24.3 Å². The van der Waals surface area contributed by atoms with Crippen molar-refractivity contribution in [1.29, 1.82) is 0 Å². The van der Waals surface area contributed by atoms with Crippen LogP contribution in [-0.2, 0) is 9.59 Å². The van der Waals surface area contributed by atoms with Crippen LogP contribution >= 0.6 is 11.6 Å². The zero-order valence-corrected chi connectivity index (χ0v) is 8.44. The van der Waals surface area contributed by atoms with Gasteiger partial charge in [-0.3, -0.25) is 9.59 Å². The van der Waals surface area contributed by atoms with Crippen LogP contribution in [0.3, 0.4) is 0 Å². The molecule has 4 nitrogen and oxygen atoms in total. The van der Waals surface area contributed by atoms with Gasteiger partial charge >= 0.3 is 11.9 Å². The van der Waals surface area contributed by atoms with Gasteiger partial charge < -0.3 is 10.2 Å². The highest BCUT2D eigenvalue weighted by Crippen LogP contribution is 2.27. The molecule has 0 fully saturated rings. The highest BCUT2D eigenvalue weighted by molar-refractivity contribution is 6.31. The van der Waals surface area contributed by atoms with Gasteiger partial charge in [0.25, 0.3) is 0 Å². The van der Waals surface area contributed by atoms with Crippen LogP contribution in [0, 0.1) is 0 Å². The average Bonchev–Trinajstić information content (AvgIpc) is 2.15. The maximum absolute atomic E-state index is 10.9. The lowest BCUT2D eigenvalue weighted by molar-refractivity contribution is -0.145. The number of hydrogen-bond acceptors (Lipinski definition) is 2. The van der Waals surface area contributed by atoms with Crippen molar-refractivity contribution in [2.45, 2.75) is 12.3 Å². The largest absolute Gasteiger partial charge is 0.481 e. The number of halogens is 1. The predicted molar refractivity (Wildman–Crippen MR) is 54.1 cm³/mol. The fourth-order valence-electron chi connectivity index (χ4n) is 1.26. The fraction of sp³-hybridized carbons (Fsp3) is 0.200. The van der Waals surface area contributed by atoms with E-state index in [9.17, 15) is 9.59 Å². The number of carboxylic acid groups (broad SMARTS) is 2.